The summed E-state index contributed by atoms with van der Waals surface area (Å²) < 4.78 is 0. The van der Waals surface area contributed by atoms with E-state index in [1.165, 1.54) is 0 Å². The molecule has 52 valence electrons. The van der Waals surface area contributed by atoms with Crippen LogP contribution >= 0.6 is 0 Å². The van der Waals surface area contributed by atoms with E-state index in [1.54, 1.807) is 5.32 Å². The van der Waals surface area contributed by atoms with Crippen LogP contribution in [-0.2, 0) is 4.79 Å². The Bertz CT molecular complexity index is 123. The van der Waals surface area contributed by atoms with Crippen LogP contribution in [0.25, 0.3) is 0 Å². The molecule has 4 N–H and O–H groups in total. The van der Waals surface area contributed by atoms with Crippen LogP contribution in [0.3, 0.4) is 0 Å². The van der Waals surface area contributed by atoms with Crippen molar-refractivity contribution >= 4 is 11.9 Å². The molecule has 5 nitrogen and oxygen atoms in total. The van der Waals surface area contributed by atoms with Gasteiger partial charge in [-0.3, -0.25) is 10.1 Å². The van der Waals surface area contributed by atoms with Gasteiger partial charge in [0.2, 0.25) is 5.91 Å². The molecule has 0 saturated heterocycles. The summed E-state index contributed by atoms with van der Waals surface area (Å²) in [6.45, 7) is -0.279. The number of hydrogen-bond acceptors (Lipinski definition) is 3. The van der Waals surface area contributed by atoms with Crippen molar-refractivity contribution in [2.24, 2.45) is 5.73 Å². The highest BCUT2D eigenvalue weighted by Gasteiger charge is 2.00. The molecule has 0 rings (SSSR count). The molecular formula is C4H8N2O3. The Labute approximate surface area is 51.8 Å². The van der Waals surface area contributed by atoms with Crippen LogP contribution in [0, 0.1) is 0 Å². The SMILES string of the molecule is NC(=O)NC(=O)CCO. The average Bonchev–Trinajstić information content (AvgIpc) is 1.63. The molecule has 3 amide bonds. The number of nitrogens with one attached hydrogen (secondary N) is 1. The quantitative estimate of drug-likeness (QED) is 0.429. The molecule has 0 aromatic carbocycles. The van der Waals surface area contributed by atoms with Crippen molar-refractivity contribution in [1.82, 2.24) is 5.32 Å². The summed E-state index contributed by atoms with van der Waals surface area (Å²) in [5.74, 6) is -0.565. The van der Waals surface area contributed by atoms with Crippen LogP contribution in [0.4, 0.5) is 4.79 Å². The van der Waals surface area contributed by atoms with Gasteiger partial charge in [-0.2, -0.15) is 0 Å². The fourth-order valence-electron chi connectivity index (χ4n) is 0.301. The number of imide groups is 1. The number of amides is 3. The van der Waals surface area contributed by atoms with E-state index in [0.717, 1.165) is 0 Å². The predicted molar refractivity (Wildman–Crippen MR) is 29.4 cm³/mol. The molecule has 0 spiro atoms. The number of carbonyl (C=O) groups is 2. The molecule has 5 heteroatoms. The summed E-state index contributed by atoms with van der Waals surface area (Å²) >= 11 is 0. The molecule has 0 aliphatic carbocycles. The number of nitrogens with two attached hydrogens (primary N) is 1. The van der Waals surface area contributed by atoms with Gasteiger partial charge >= 0.3 is 6.03 Å². The first-order valence-electron chi connectivity index (χ1n) is 2.37. The first-order valence-corrected chi connectivity index (χ1v) is 2.37. The Kier molecular flexibility index (Phi) is 3.38. The van der Waals surface area contributed by atoms with E-state index >= 15 is 0 Å². The van der Waals surface area contributed by atoms with E-state index in [-0.39, 0.29) is 13.0 Å². The van der Waals surface area contributed by atoms with Gasteiger partial charge in [0.15, 0.2) is 0 Å². The number of urea groups is 1. The zero-order chi connectivity index (χ0) is 7.28. The van der Waals surface area contributed by atoms with Crippen LogP contribution in [0.15, 0.2) is 0 Å². The summed E-state index contributed by atoms with van der Waals surface area (Å²) in [5.41, 5.74) is 4.57. The van der Waals surface area contributed by atoms with Crippen molar-refractivity contribution in [2.75, 3.05) is 6.61 Å². The van der Waals surface area contributed by atoms with Gasteiger partial charge in [0.05, 0.1) is 13.0 Å². The topological polar surface area (TPSA) is 92.4 Å². The van der Waals surface area contributed by atoms with E-state index in [1.807, 2.05) is 0 Å². The lowest BCUT2D eigenvalue weighted by molar-refractivity contribution is -0.120. The third-order valence-corrected chi connectivity index (χ3v) is 0.601. The second kappa shape index (κ2) is 3.85. The summed E-state index contributed by atoms with van der Waals surface area (Å²) in [6, 6.07) is -0.895. The number of aliphatic hydroxyl groups excluding tert-OH is 1. The fourth-order valence-corrected chi connectivity index (χ4v) is 0.301. The highest BCUT2D eigenvalue weighted by atomic mass is 16.3. The molecule has 0 aliphatic heterocycles. The van der Waals surface area contributed by atoms with Crippen molar-refractivity contribution in [3.05, 3.63) is 0 Å². The molecule has 0 aliphatic rings. The molecule has 0 fully saturated rings. The number of rotatable bonds is 2. The molecule has 0 saturated carbocycles. The molecule has 0 radical (unpaired) electrons. The van der Waals surface area contributed by atoms with Gasteiger partial charge < -0.3 is 10.8 Å². The highest BCUT2D eigenvalue weighted by Crippen LogP contribution is 1.73. The summed E-state index contributed by atoms with van der Waals surface area (Å²) in [7, 11) is 0. The molecule has 0 heterocycles. The van der Waals surface area contributed by atoms with E-state index in [9.17, 15) is 9.59 Å². The van der Waals surface area contributed by atoms with E-state index in [2.05, 4.69) is 5.73 Å². The second-order valence-electron chi connectivity index (χ2n) is 1.39. The maximum Gasteiger partial charge on any atom is 0.318 e. The van der Waals surface area contributed by atoms with Crippen LogP contribution in [0.5, 0.6) is 0 Å². The molecule has 0 aromatic heterocycles. The Morgan fingerprint density at radius 1 is 1.56 bits per heavy atom. The van der Waals surface area contributed by atoms with E-state index < -0.39 is 11.9 Å². The highest BCUT2D eigenvalue weighted by molar-refractivity contribution is 5.93. The molecule has 0 bridgehead atoms. The minimum Gasteiger partial charge on any atom is -0.396 e. The standard InChI is InChI=1S/C4H8N2O3/c5-4(9)6-3(8)1-2-7/h7H,1-2H2,(H3,5,6,8,9). The minimum absolute atomic E-state index is 0.0943. The monoisotopic (exact) mass is 132 g/mol. The third-order valence-electron chi connectivity index (χ3n) is 0.601. The molecular weight excluding hydrogens is 124 g/mol. The zero-order valence-electron chi connectivity index (χ0n) is 4.76. The maximum atomic E-state index is 10.3. The minimum atomic E-state index is -0.895. The Balaban J connectivity index is 3.39. The smallest absolute Gasteiger partial charge is 0.318 e. The zero-order valence-corrected chi connectivity index (χ0v) is 4.76. The van der Waals surface area contributed by atoms with Crippen molar-refractivity contribution in [1.29, 1.82) is 0 Å². The number of carbonyl (C=O) groups excluding carboxylic acids is 2. The first kappa shape index (κ1) is 7.90. The van der Waals surface area contributed by atoms with Gasteiger partial charge in [-0.05, 0) is 0 Å². The predicted octanol–water partition coefficient (Wildman–Crippen LogP) is -1.44. The first-order chi connectivity index (χ1) is 4.16. The van der Waals surface area contributed by atoms with Crippen molar-refractivity contribution in [2.45, 2.75) is 6.42 Å². The van der Waals surface area contributed by atoms with Gasteiger partial charge in [-0.1, -0.05) is 0 Å². The van der Waals surface area contributed by atoms with E-state index in [4.69, 9.17) is 5.11 Å². The van der Waals surface area contributed by atoms with Gasteiger partial charge in [0.25, 0.3) is 0 Å². The number of aliphatic hydroxyl groups is 1. The van der Waals surface area contributed by atoms with Crippen molar-refractivity contribution < 1.29 is 14.7 Å². The van der Waals surface area contributed by atoms with Crippen LogP contribution in [0.1, 0.15) is 6.42 Å². The van der Waals surface area contributed by atoms with Crippen molar-refractivity contribution in [3.8, 4) is 0 Å². The summed E-state index contributed by atoms with van der Waals surface area (Å²) in [4.78, 5) is 20.2. The largest absolute Gasteiger partial charge is 0.396 e. The fraction of sp³-hybridized carbons (Fsp3) is 0.500. The Hall–Kier alpha value is -1.10. The van der Waals surface area contributed by atoms with Crippen LogP contribution < -0.4 is 11.1 Å². The van der Waals surface area contributed by atoms with Gasteiger partial charge in [-0.25, -0.2) is 4.79 Å². The molecule has 9 heavy (non-hydrogen) atoms. The van der Waals surface area contributed by atoms with Gasteiger partial charge in [0, 0.05) is 0 Å². The van der Waals surface area contributed by atoms with Gasteiger partial charge in [-0.15, -0.1) is 0 Å². The second-order valence-corrected chi connectivity index (χ2v) is 1.39. The Morgan fingerprint density at radius 3 is 2.44 bits per heavy atom. The normalized spacial score (nSPS) is 8.56. The number of hydrogen-bond donors (Lipinski definition) is 3. The summed E-state index contributed by atoms with van der Waals surface area (Å²) in [5, 5.41) is 9.92. The third kappa shape index (κ3) is 4.76. The van der Waals surface area contributed by atoms with Crippen LogP contribution in [-0.4, -0.2) is 23.7 Å². The maximum absolute atomic E-state index is 10.3. The molecule has 0 unspecified atom stereocenters. The van der Waals surface area contributed by atoms with Crippen LogP contribution in [0.2, 0.25) is 0 Å². The average molecular weight is 132 g/mol. The lowest BCUT2D eigenvalue weighted by Gasteiger charge is -1.95. The summed E-state index contributed by atoms with van der Waals surface area (Å²) in [6.07, 6.45) is -0.0943. The lowest BCUT2D eigenvalue weighted by Crippen LogP contribution is -2.35. The van der Waals surface area contributed by atoms with Crippen molar-refractivity contribution in [3.63, 3.8) is 0 Å². The van der Waals surface area contributed by atoms with Gasteiger partial charge in [0.1, 0.15) is 0 Å². The van der Waals surface area contributed by atoms with E-state index in [0.29, 0.717) is 0 Å². The Morgan fingerprint density at radius 2 is 2.11 bits per heavy atom. The number of primary amides is 1. The molecule has 0 aromatic rings. The lowest BCUT2D eigenvalue weighted by atomic mass is 10.4. The molecule has 0 atom stereocenters.